The van der Waals surface area contributed by atoms with Crippen LogP contribution < -0.4 is 0 Å². The average molecular weight is 182 g/mol. The van der Waals surface area contributed by atoms with Crippen LogP contribution in [0.3, 0.4) is 0 Å². The Morgan fingerprint density at radius 3 is 2.46 bits per heavy atom. The van der Waals surface area contributed by atoms with Gasteiger partial charge in [0.25, 0.3) is 0 Å². The van der Waals surface area contributed by atoms with Gasteiger partial charge < -0.3 is 5.11 Å². The summed E-state index contributed by atoms with van der Waals surface area (Å²) >= 11 is 0. The second-order valence-electron chi connectivity index (χ2n) is 4.57. The van der Waals surface area contributed by atoms with Crippen LogP contribution in [0.5, 0.6) is 0 Å². The van der Waals surface area contributed by atoms with E-state index in [4.69, 9.17) is 5.11 Å². The first-order chi connectivity index (χ1) is 6.22. The van der Waals surface area contributed by atoms with Crippen molar-refractivity contribution in [2.45, 2.75) is 46.0 Å². The second kappa shape index (κ2) is 5.43. The van der Waals surface area contributed by atoms with Crippen molar-refractivity contribution in [1.82, 2.24) is 0 Å². The van der Waals surface area contributed by atoms with Crippen LogP contribution >= 0.6 is 0 Å². The van der Waals surface area contributed by atoms with Crippen molar-refractivity contribution in [3.63, 3.8) is 0 Å². The maximum atomic E-state index is 8.84. The summed E-state index contributed by atoms with van der Waals surface area (Å²) in [6.45, 7) is 4.58. The largest absolute Gasteiger partial charge is 0.392 e. The van der Waals surface area contributed by atoms with Crippen LogP contribution in [0, 0.1) is 11.8 Å². The van der Waals surface area contributed by atoms with Gasteiger partial charge in [0.05, 0.1) is 6.61 Å². The molecule has 0 unspecified atom stereocenters. The van der Waals surface area contributed by atoms with E-state index < -0.39 is 0 Å². The number of allylic oxidation sites excluding steroid dienone is 1. The lowest BCUT2D eigenvalue weighted by Gasteiger charge is -2.25. The monoisotopic (exact) mass is 182 g/mol. The fraction of sp³-hybridized carbons (Fsp3) is 0.833. The lowest BCUT2D eigenvalue weighted by Crippen LogP contribution is -2.11. The first-order valence-electron chi connectivity index (χ1n) is 5.49. The van der Waals surface area contributed by atoms with E-state index in [2.05, 4.69) is 13.0 Å². The molecule has 1 saturated carbocycles. The van der Waals surface area contributed by atoms with Crippen molar-refractivity contribution in [3.05, 3.63) is 11.6 Å². The Hall–Kier alpha value is -0.300. The fourth-order valence-electron chi connectivity index (χ4n) is 2.00. The van der Waals surface area contributed by atoms with Crippen LogP contribution in [0.1, 0.15) is 46.0 Å². The van der Waals surface area contributed by atoms with Gasteiger partial charge in [-0.2, -0.15) is 0 Å². The van der Waals surface area contributed by atoms with E-state index in [1.165, 1.54) is 32.1 Å². The lowest BCUT2D eigenvalue weighted by molar-refractivity contribution is 0.290. The highest BCUT2D eigenvalue weighted by atomic mass is 16.3. The van der Waals surface area contributed by atoms with Gasteiger partial charge in [-0.15, -0.1) is 0 Å². The third-order valence-electron chi connectivity index (χ3n) is 3.18. The second-order valence-corrected chi connectivity index (χ2v) is 4.57. The topological polar surface area (TPSA) is 20.2 Å². The van der Waals surface area contributed by atoms with E-state index in [1.807, 2.05) is 6.92 Å². The van der Waals surface area contributed by atoms with Crippen molar-refractivity contribution in [2.24, 2.45) is 11.8 Å². The summed E-state index contributed by atoms with van der Waals surface area (Å²) in [5, 5.41) is 8.84. The van der Waals surface area contributed by atoms with Crippen LogP contribution in [0.25, 0.3) is 0 Å². The molecule has 0 aromatic heterocycles. The Kier molecular flexibility index (Phi) is 4.51. The van der Waals surface area contributed by atoms with Gasteiger partial charge in [-0.05, 0) is 38.0 Å². The Balaban J connectivity index is 2.23. The molecule has 1 aliphatic carbocycles. The number of hydrogen-bond donors (Lipinski definition) is 1. The number of rotatable bonds is 3. The molecule has 0 saturated heterocycles. The van der Waals surface area contributed by atoms with Crippen molar-refractivity contribution in [1.29, 1.82) is 0 Å². The standard InChI is InChI=1S/C12H22O/c1-10-3-6-12(7-4-10)8-5-11(2)9-13/h5,10,12-13H,3-4,6-9H2,1-2H3/b11-5+/t10-,12+. The predicted molar refractivity (Wildman–Crippen MR) is 56.6 cm³/mol. The number of aliphatic hydroxyl groups excluding tert-OH is 1. The first-order valence-corrected chi connectivity index (χ1v) is 5.49. The molecule has 1 nitrogen and oxygen atoms in total. The smallest absolute Gasteiger partial charge is 0.0639 e. The molecule has 1 N–H and O–H groups in total. The van der Waals surface area contributed by atoms with Gasteiger partial charge in [0.2, 0.25) is 0 Å². The zero-order valence-corrected chi connectivity index (χ0v) is 8.92. The molecule has 1 rings (SSSR count). The van der Waals surface area contributed by atoms with Crippen molar-refractivity contribution in [2.75, 3.05) is 6.61 Å². The Morgan fingerprint density at radius 2 is 1.92 bits per heavy atom. The highest BCUT2D eigenvalue weighted by Gasteiger charge is 2.16. The van der Waals surface area contributed by atoms with E-state index in [0.29, 0.717) is 0 Å². The third-order valence-corrected chi connectivity index (χ3v) is 3.18. The third kappa shape index (κ3) is 3.95. The number of aliphatic hydroxyl groups is 1. The van der Waals surface area contributed by atoms with Gasteiger partial charge in [0.15, 0.2) is 0 Å². The molecule has 0 aromatic carbocycles. The Morgan fingerprint density at radius 1 is 1.31 bits per heavy atom. The first kappa shape index (κ1) is 10.8. The highest BCUT2D eigenvalue weighted by Crippen LogP contribution is 2.30. The molecule has 1 aliphatic rings. The molecule has 76 valence electrons. The fourth-order valence-corrected chi connectivity index (χ4v) is 2.00. The Bertz CT molecular complexity index is 164. The van der Waals surface area contributed by atoms with Crippen LogP contribution in [-0.2, 0) is 0 Å². The molecule has 0 aromatic rings. The minimum Gasteiger partial charge on any atom is -0.392 e. The van der Waals surface area contributed by atoms with E-state index >= 15 is 0 Å². The molecule has 0 atom stereocenters. The molecule has 0 aliphatic heterocycles. The van der Waals surface area contributed by atoms with Crippen LogP contribution in [0.4, 0.5) is 0 Å². The van der Waals surface area contributed by atoms with Gasteiger partial charge in [0, 0.05) is 0 Å². The quantitative estimate of drug-likeness (QED) is 0.665. The van der Waals surface area contributed by atoms with E-state index in [9.17, 15) is 0 Å². The molecule has 0 heterocycles. The summed E-state index contributed by atoms with van der Waals surface area (Å²) in [4.78, 5) is 0. The summed E-state index contributed by atoms with van der Waals surface area (Å²) in [7, 11) is 0. The highest BCUT2D eigenvalue weighted by molar-refractivity contribution is 4.98. The minimum atomic E-state index is 0.225. The lowest BCUT2D eigenvalue weighted by atomic mass is 9.81. The van der Waals surface area contributed by atoms with Crippen LogP contribution in [0.2, 0.25) is 0 Å². The molecule has 1 heteroatoms. The molecule has 0 amide bonds. The zero-order valence-electron chi connectivity index (χ0n) is 8.92. The molecule has 0 spiro atoms. The van der Waals surface area contributed by atoms with E-state index in [1.54, 1.807) is 0 Å². The van der Waals surface area contributed by atoms with Gasteiger partial charge in [-0.3, -0.25) is 0 Å². The molecular weight excluding hydrogens is 160 g/mol. The zero-order chi connectivity index (χ0) is 9.68. The summed E-state index contributed by atoms with van der Waals surface area (Å²) in [5.74, 6) is 1.83. The van der Waals surface area contributed by atoms with Gasteiger partial charge in [-0.25, -0.2) is 0 Å². The van der Waals surface area contributed by atoms with Crippen LogP contribution in [-0.4, -0.2) is 11.7 Å². The minimum absolute atomic E-state index is 0.225. The maximum Gasteiger partial charge on any atom is 0.0639 e. The van der Waals surface area contributed by atoms with Gasteiger partial charge >= 0.3 is 0 Å². The normalized spacial score (nSPS) is 30.5. The van der Waals surface area contributed by atoms with Crippen LogP contribution in [0.15, 0.2) is 11.6 Å². The predicted octanol–water partition coefficient (Wildman–Crippen LogP) is 3.14. The molecule has 13 heavy (non-hydrogen) atoms. The van der Waals surface area contributed by atoms with E-state index in [-0.39, 0.29) is 6.61 Å². The summed E-state index contributed by atoms with van der Waals surface area (Å²) in [6, 6.07) is 0. The molecule has 1 fully saturated rings. The Labute approximate surface area is 81.9 Å². The van der Waals surface area contributed by atoms with Crippen molar-refractivity contribution < 1.29 is 5.11 Å². The number of hydrogen-bond acceptors (Lipinski definition) is 1. The molecular formula is C12H22O. The summed E-state index contributed by atoms with van der Waals surface area (Å²) < 4.78 is 0. The van der Waals surface area contributed by atoms with Crippen molar-refractivity contribution >= 4 is 0 Å². The van der Waals surface area contributed by atoms with E-state index in [0.717, 1.165) is 17.4 Å². The maximum absolute atomic E-state index is 8.84. The average Bonchev–Trinajstić information content (AvgIpc) is 2.16. The van der Waals surface area contributed by atoms with Crippen molar-refractivity contribution in [3.8, 4) is 0 Å². The van der Waals surface area contributed by atoms with Gasteiger partial charge in [-0.1, -0.05) is 31.4 Å². The molecule has 0 radical (unpaired) electrons. The SMILES string of the molecule is C/C(=C\C[C@H]1CC[C@@H](C)CC1)CO. The summed E-state index contributed by atoms with van der Waals surface area (Å²) in [5.41, 5.74) is 1.12. The summed E-state index contributed by atoms with van der Waals surface area (Å²) in [6.07, 6.45) is 8.96. The molecule has 0 bridgehead atoms. The van der Waals surface area contributed by atoms with Gasteiger partial charge in [0.1, 0.15) is 0 Å².